The summed E-state index contributed by atoms with van der Waals surface area (Å²) in [6, 6.07) is 0.604. The minimum absolute atomic E-state index is 0.208. The van der Waals surface area contributed by atoms with Gasteiger partial charge in [-0.25, -0.2) is 0 Å². The molecule has 1 rings (SSSR count). The molecule has 1 fully saturated rings. The van der Waals surface area contributed by atoms with Crippen LogP contribution < -0.4 is 5.32 Å². The molecule has 3 nitrogen and oxygen atoms in total. The molecule has 70 valence electrons. The second kappa shape index (κ2) is 3.90. The Morgan fingerprint density at radius 3 is 2.50 bits per heavy atom. The van der Waals surface area contributed by atoms with Crippen molar-refractivity contribution in [2.75, 3.05) is 21.1 Å². The third kappa shape index (κ3) is 1.97. The Hall–Kier alpha value is -0.570. The number of carbonyl (C=O) groups excluding carboxylic acids is 1. The Labute approximate surface area is 74.1 Å². The lowest BCUT2D eigenvalue weighted by molar-refractivity contribution is -0.124. The molecule has 2 unspecified atom stereocenters. The maximum atomic E-state index is 11.3. The zero-order chi connectivity index (χ0) is 9.14. The maximum Gasteiger partial charge on any atom is 0.222 e. The van der Waals surface area contributed by atoms with Crippen molar-refractivity contribution in [3.05, 3.63) is 0 Å². The van der Waals surface area contributed by atoms with Gasteiger partial charge in [-0.05, 0) is 33.4 Å². The number of carbonyl (C=O) groups is 1. The van der Waals surface area contributed by atoms with Crippen LogP contribution in [0.5, 0.6) is 0 Å². The molecular weight excluding hydrogens is 152 g/mol. The molecule has 0 aromatic heterocycles. The Balaban J connectivity index is 2.40. The van der Waals surface area contributed by atoms with Crippen LogP contribution in [0.1, 0.15) is 19.3 Å². The smallest absolute Gasteiger partial charge is 0.222 e. The van der Waals surface area contributed by atoms with Gasteiger partial charge in [-0.2, -0.15) is 0 Å². The number of nitrogens with zero attached hydrogens (tertiary/aromatic N) is 1. The molecule has 1 aliphatic carbocycles. The molecule has 1 N–H and O–H groups in total. The Morgan fingerprint density at radius 2 is 2.08 bits per heavy atom. The summed E-state index contributed by atoms with van der Waals surface area (Å²) in [6.45, 7) is 0. The molecule has 3 heteroatoms. The number of hydrogen-bond donors (Lipinski definition) is 1. The second-order valence-electron chi connectivity index (χ2n) is 3.74. The third-order valence-corrected chi connectivity index (χ3v) is 2.75. The molecule has 12 heavy (non-hydrogen) atoms. The van der Waals surface area contributed by atoms with Crippen LogP contribution in [-0.4, -0.2) is 38.0 Å². The van der Waals surface area contributed by atoms with Crippen molar-refractivity contribution >= 4 is 5.91 Å². The SMILES string of the molecule is CNC(=O)C1CCC(N(C)C)C1. The van der Waals surface area contributed by atoms with Crippen molar-refractivity contribution in [1.82, 2.24) is 10.2 Å². The van der Waals surface area contributed by atoms with Crippen LogP contribution in [0.2, 0.25) is 0 Å². The van der Waals surface area contributed by atoms with E-state index in [0.717, 1.165) is 19.3 Å². The zero-order valence-electron chi connectivity index (χ0n) is 8.13. The van der Waals surface area contributed by atoms with Gasteiger partial charge in [-0.1, -0.05) is 0 Å². The van der Waals surface area contributed by atoms with E-state index in [4.69, 9.17) is 0 Å². The number of rotatable bonds is 2. The van der Waals surface area contributed by atoms with Gasteiger partial charge in [0.25, 0.3) is 0 Å². The van der Waals surface area contributed by atoms with E-state index >= 15 is 0 Å². The van der Waals surface area contributed by atoms with Gasteiger partial charge >= 0.3 is 0 Å². The van der Waals surface area contributed by atoms with E-state index in [1.807, 2.05) is 0 Å². The highest BCUT2D eigenvalue weighted by Crippen LogP contribution is 2.27. The van der Waals surface area contributed by atoms with E-state index in [1.54, 1.807) is 7.05 Å². The Bertz CT molecular complexity index is 168. The highest BCUT2D eigenvalue weighted by Gasteiger charge is 2.29. The predicted molar refractivity (Wildman–Crippen MR) is 48.9 cm³/mol. The molecule has 0 heterocycles. The average molecular weight is 170 g/mol. The molecular formula is C9H18N2O. The molecule has 0 bridgehead atoms. The van der Waals surface area contributed by atoms with Gasteiger partial charge < -0.3 is 10.2 Å². The molecule has 0 aromatic carbocycles. The van der Waals surface area contributed by atoms with Crippen LogP contribution in [-0.2, 0) is 4.79 Å². The normalized spacial score (nSPS) is 29.3. The summed E-state index contributed by atoms with van der Waals surface area (Å²) in [5.74, 6) is 0.460. The number of hydrogen-bond acceptors (Lipinski definition) is 2. The highest BCUT2D eigenvalue weighted by atomic mass is 16.1. The fourth-order valence-corrected chi connectivity index (χ4v) is 1.87. The lowest BCUT2D eigenvalue weighted by Crippen LogP contribution is -2.29. The first-order valence-electron chi connectivity index (χ1n) is 4.53. The minimum atomic E-state index is 0.208. The van der Waals surface area contributed by atoms with Crippen molar-refractivity contribution in [2.45, 2.75) is 25.3 Å². The summed E-state index contributed by atoms with van der Waals surface area (Å²) in [7, 11) is 5.87. The van der Waals surface area contributed by atoms with Gasteiger partial charge in [-0.15, -0.1) is 0 Å². The van der Waals surface area contributed by atoms with E-state index in [9.17, 15) is 4.79 Å². The summed E-state index contributed by atoms with van der Waals surface area (Å²) in [5, 5.41) is 2.71. The second-order valence-corrected chi connectivity index (χ2v) is 3.74. The first kappa shape index (κ1) is 9.52. The van der Waals surface area contributed by atoms with E-state index in [0.29, 0.717) is 6.04 Å². The zero-order valence-corrected chi connectivity index (χ0v) is 8.13. The van der Waals surface area contributed by atoms with E-state index in [1.165, 1.54) is 0 Å². The third-order valence-electron chi connectivity index (χ3n) is 2.75. The van der Waals surface area contributed by atoms with Crippen molar-refractivity contribution in [3.63, 3.8) is 0 Å². The molecule has 0 radical (unpaired) electrons. The first-order chi connectivity index (χ1) is 5.65. The molecule has 0 spiro atoms. The monoisotopic (exact) mass is 170 g/mol. The minimum Gasteiger partial charge on any atom is -0.359 e. The van der Waals surface area contributed by atoms with Gasteiger partial charge in [0, 0.05) is 19.0 Å². The molecule has 0 aliphatic heterocycles. The lowest BCUT2D eigenvalue weighted by Gasteiger charge is -2.18. The summed E-state index contributed by atoms with van der Waals surface area (Å²) in [4.78, 5) is 13.5. The van der Waals surface area contributed by atoms with Gasteiger partial charge in [-0.3, -0.25) is 4.79 Å². The fraction of sp³-hybridized carbons (Fsp3) is 0.889. The van der Waals surface area contributed by atoms with Crippen molar-refractivity contribution in [2.24, 2.45) is 5.92 Å². The predicted octanol–water partition coefficient (Wildman–Crippen LogP) is 0.463. The quantitative estimate of drug-likeness (QED) is 0.653. The molecule has 2 atom stereocenters. The van der Waals surface area contributed by atoms with Crippen molar-refractivity contribution in [1.29, 1.82) is 0 Å². The van der Waals surface area contributed by atoms with Crippen LogP contribution in [0.3, 0.4) is 0 Å². The number of nitrogens with one attached hydrogen (secondary N) is 1. The largest absolute Gasteiger partial charge is 0.359 e. The molecule has 1 saturated carbocycles. The Kier molecular flexibility index (Phi) is 3.09. The first-order valence-corrected chi connectivity index (χ1v) is 4.53. The summed E-state index contributed by atoms with van der Waals surface area (Å²) in [6.07, 6.45) is 3.22. The maximum absolute atomic E-state index is 11.3. The topological polar surface area (TPSA) is 32.3 Å². The van der Waals surface area contributed by atoms with Gasteiger partial charge in [0.15, 0.2) is 0 Å². The van der Waals surface area contributed by atoms with Crippen LogP contribution in [0, 0.1) is 5.92 Å². The van der Waals surface area contributed by atoms with Crippen LogP contribution in [0.15, 0.2) is 0 Å². The van der Waals surface area contributed by atoms with Gasteiger partial charge in [0.1, 0.15) is 0 Å². The van der Waals surface area contributed by atoms with E-state index in [-0.39, 0.29) is 11.8 Å². The summed E-state index contributed by atoms with van der Waals surface area (Å²) in [5.41, 5.74) is 0. The van der Waals surface area contributed by atoms with Crippen molar-refractivity contribution in [3.8, 4) is 0 Å². The van der Waals surface area contributed by atoms with E-state index < -0.39 is 0 Å². The van der Waals surface area contributed by atoms with Crippen LogP contribution in [0.25, 0.3) is 0 Å². The molecule has 1 aliphatic rings. The van der Waals surface area contributed by atoms with Crippen molar-refractivity contribution < 1.29 is 4.79 Å². The van der Waals surface area contributed by atoms with Gasteiger partial charge in [0.2, 0.25) is 5.91 Å². The van der Waals surface area contributed by atoms with E-state index in [2.05, 4.69) is 24.3 Å². The standard InChI is InChI=1S/C9H18N2O/c1-10-9(12)7-4-5-8(6-7)11(2)3/h7-8H,4-6H2,1-3H3,(H,10,12). The number of amides is 1. The Morgan fingerprint density at radius 1 is 1.42 bits per heavy atom. The van der Waals surface area contributed by atoms with Gasteiger partial charge in [0.05, 0.1) is 0 Å². The average Bonchev–Trinajstić information content (AvgIpc) is 2.51. The summed E-state index contributed by atoms with van der Waals surface area (Å²) < 4.78 is 0. The van der Waals surface area contributed by atoms with Crippen LogP contribution >= 0.6 is 0 Å². The molecule has 1 amide bonds. The molecule has 0 aromatic rings. The fourth-order valence-electron chi connectivity index (χ4n) is 1.87. The molecule has 0 saturated heterocycles. The lowest BCUT2D eigenvalue weighted by atomic mass is 10.1. The summed E-state index contributed by atoms with van der Waals surface area (Å²) >= 11 is 0. The van der Waals surface area contributed by atoms with Crippen LogP contribution in [0.4, 0.5) is 0 Å². The highest BCUT2D eigenvalue weighted by molar-refractivity contribution is 5.78.